The Hall–Kier alpha value is -1.55. The van der Waals surface area contributed by atoms with Crippen LogP contribution in [0.2, 0.25) is 0 Å². The van der Waals surface area contributed by atoms with E-state index >= 15 is 0 Å². The van der Waals surface area contributed by atoms with Gasteiger partial charge in [-0.05, 0) is 49.7 Å². The van der Waals surface area contributed by atoms with Crippen LogP contribution in [0.4, 0.5) is 0 Å². The Labute approximate surface area is 162 Å². The minimum Gasteiger partial charge on any atom is -0.469 e. The van der Waals surface area contributed by atoms with Crippen molar-refractivity contribution in [3.8, 4) is 0 Å². The fourth-order valence-corrected chi connectivity index (χ4v) is 5.64. The van der Waals surface area contributed by atoms with E-state index in [9.17, 15) is 4.79 Å². The molecule has 0 bridgehead atoms. The zero-order chi connectivity index (χ0) is 19.0. The highest BCUT2D eigenvalue weighted by Gasteiger charge is 2.52. The molecule has 4 rings (SSSR count). The average molecular weight is 373 g/mol. The van der Waals surface area contributed by atoms with Gasteiger partial charge in [-0.25, -0.2) is 0 Å². The van der Waals surface area contributed by atoms with Crippen LogP contribution in [0.1, 0.15) is 58.6 Å². The minimum absolute atomic E-state index is 0.00670. The summed E-state index contributed by atoms with van der Waals surface area (Å²) in [5.74, 6) is 1.99. The molecule has 2 heterocycles. The zero-order valence-electron chi connectivity index (χ0n) is 16.9. The van der Waals surface area contributed by atoms with Crippen LogP contribution < -0.4 is 5.32 Å². The Morgan fingerprint density at radius 2 is 2.26 bits per heavy atom. The summed E-state index contributed by atoms with van der Waals surface area (Å²) in [6.45, 7) is 7.81. The van der Waals surface area contributed by atoms with Crippen LogP contribution in [0.3, 0.4) is 0 Å². The molecule has 148 valence electrons. The predicted molar refractivity (Wildman–Crippen MR) is 104 cm³/mol. The zero-order valence-corrected chi connectivity index (χ0v) is 16.9. The number of carbonyl (C=O) groups excluding carboxylic acids is 1. The summed E-state index contributed by atoms with van der Waals surface area (Å²) < 4.78 is 11.3. The van der Waals surface area contributed by atoms with E-state index in [4.69, 9.17) is 9.15 Å². The molecule has 2 fully saturated rings. The van der Waals surface area contributed by atoms with Gasteiger partial charge < -0.3 is 14.5 Å². The molecule has 1 aliphatic heterocycles. The summed E-state index contributed by atoms with van der Waals surface area (Å²) in [6, 6.07) is 4.44. The van der Waals surface area contributed by atoms with Gasteiger partial charge in [-0.1, -0.05) is 31.9 Å². The van der Waals surface area contributed by atoms with Crippen molar-refractivity contribution in [2.45, 2.75) is 71.4 Å². The van der Waals surface area contributed by atoms with Gasteiger partial charge in [-0.15, -0.1) is 0 Å². The van der Waals surface area contributed by atoms with E-state index in [1.165, 1.54) is 19.3 Å². The monoisotopic (exact) mass is 372 g/mol. The molecule has 2 N–H and O–H groups in total. The van der Waals surface area contributed by atoms with Crippen LogP contribution in [0.15, 0.2) is 34.5 Å². The van der Waals surface area contributed by atoms with E-state index in [2.05, 4.69) is 32.2 Å². The van der Waals surface area contributed by atoms with E-state index in [-0.39, 0.29) is 29.3 Å². The quantitative estimate of drug-likeness (QED) is 0.614. The third-order valence-electron chi connectivity index (χ3n) is 7.30. The molecule has 1 aromatic heterocycles. The lowest BCUT2D eigenvalue weighted by Gasteiger charge is -2.45. The minimum atomic E-state index is 0.00670. The molecule has 1 saturated carbocycles. The lowest BCUT2D eigenvalue weighted by molar-refractivity contribution is -0.690. The number of fused-ring (bicyclic) bond motifs is 2. The van der Waals surface area contributed by atoms with Crippen LogP contribution in [-0.4, -0.2) is 24.7 Å². The number of hydrogen-bond acceptors (Lipinski definition) is 3. The summed E-state index contributed by atoms with van der Waals surface area (Å²) in [4.78, 5) is 12.6. The Balaban J connectivity index is 1.39. The second-order valence-corrected chi connectivity index (χ2v) is 9.41. The van der Waals surface area contributed by atoms with Gasteiger partial charge in [0.15, 0.2) is 0 Å². The maximum atomic E-state index is 12.6. The number of aryl methyl sites for hydroxylation is 1. The summed E-state index contributed by atoms with van der Waals surface area (Å²) >= 11 is 0. The van der Waals surface area contributed by atoms with Crippen LogP contribution in [-0.2, 0) is 16.0 Å². The number of ether oxygens (including phenoxy) is 1. The Bertz CT molecular complexity index is 694. The number of rotatable bonds is 6. The maximum Gasteiger partial charge on any atom is 0.315 e. The van der Waals surface area contributed by atoms with Crippen molar-refractivity contribution in [3.05, 3.63) is 35.8 Å². The molecular weight excluding hydrogens is 338 g/mol. The Kier molecular flexibility index (Phi) is 5.19. The second-order valence-electron chi connectivity index (χ2n) is 9.41. The Morgan fingerprint density at radius 1 is 1.41 bits per heavy atom. The number of nitrogens with two attached hydrogens (primary N) is 1. The Morgan fingerprint density at radius 3 is 3.04 bits per heavy atom. The van der Waals surface area contributed by atoms with Crippen LogP contribution in [0, 0.1) is 23.2 Å². The molecule has 0 radical (unpaired) electrons. The van der Waals surface area contributed by atoms with E-state index in [0.29, 0.717) is 12.0 Å². The normalized spacial score (nSPS) is 36.6. The van der Waals surface area contributed by atoms with Gasteiger partial charge in [0.05, 0.1) is 18.8 Å². The van der Waals surface area contributed by atoms with Crippen LogP contribution in [0.25, 0.3) is 0 Å². The van der Waals surface area contributed by atoms with Gasteiger partial charge in [0.25, 0.3) is 0 Å². The molecule has 3 aliphatic rings. The molecule has 0 amide bonds. The van der Waals surface area contributed by atoms with Gasteiger partial charge in [0, 0.05) is 18.8 Å². The van der Waals surface area contributed by atoms with Gasteiger partial charge in [-0.2, -0.15) is 0 Å². The van der Waals surface area contributed by atoms with Gasteiger partial charge >= 0.3 is 5.97 Å². The molecule has 6 atom stereocenters. The number of allylic oxidation sites excluding steroid dienone is 1. The van der Waals surface area contributed by atoms with Crippen molar-refractivity contribution in [1.29, 1.82) is 0 Å². The third kappa shape index (κ3) is 3.73. The van der Waals surface area contributed by atoms with Gasteiger partial charge in [-0.3, -0.25) is 4.79 Å². The van der Waals surface area contributed by atoms with Crippen molar-refractivity contribution in [1.82, 2.24) is 0 Å². The number of carbonyl (C=O) groups is 1. The SMILES string of the molecule is C[C@H](CCc1ccco1)[NH2+]C[C@H]1C(=O)O[C@@H]2C[C@@]3(C)CCC[C@H](C)C3=C[C@@H]21. The van der Waals surface area contributed by atoms with Gasteiger partial charge in [0.1, 0.15) is 17.8 Å². The van der Waals surface area contributed by atoms with E-state index in [0.717, 1.165) is 31.6 Å². The summed E-state index contributed by atoms with van der Waals surface area (Å²) in [6.07, 6.45) is 11.1. The van der Waals surface area contributed by atoms with E-state index < -0.39 is 0 Å². The molecule has 4 nitrogen and oxygen atoms in total. The smallest absolute Gasteiger partial charge is 0.315 e. The predicted octanol–water partition coefficient (Wildman–Crippen LogP) is 3.48. The van der Waals surface area contributed by atoms with Crippen molar-refractivity contribution in [2.75, 3.05) is 6.54 Å². The van der Waals surface area contributed by atoms with Crippen LogP contribution in [0.5, 0.6) is 0 Å². The molecule has 2 aliphatic carbocycles. The van der Waals surface area contributed by atoms with Crippen molar-refractivity contribution >= 4 is 5.97 Å². The number of esters is 1. The van der Waals surface area contributed by atoms with Crippen molar-refractivity contribution in [3.63, 3.8) is 0 Å². The lowest BCUT2D eigenvalue weighted by atomic mass is 9.59. The summed E-state index contributed by atoms with van der Waals surface area (Å²) in [5.41, 5.74) is 1.85. The molecule has 0 aromatic carbocycles. The number of furan rings is 1. The highest BCUT2D eigenvalue weighted by atomic mass is 16.6. The van der Waals surface area contributed by atoms with Crippen LogP contribution >= 0.6 is 0 Å². The fourth-order valence-electron chi connectivity index (χ4n) is 5.64. The summed E-state index contributed by atoms with van der Waals surface area (Å²) in [5, 5.41) is 2.33. The maximum absolute atomic E-state index is 12.6. The van der Waals surface area contributed by atoms with E-state index in [1.54, 1.807) is 11.8 Å². The average Bonchev–Trinajstić information content (AvgIpc) is 3.23. The molecule has 0 spiro atoms. The van der Waals surface area contributed by atoms with Crippen molar-refractivity contribution < 1.29 is 19.3 Å². The number of hydrogen-bond donors (Lipinski definition) is 1. The fraction of sp³-hybridized carbons (Fsp3) is 0.696. The first-order valence-electron chi connectivity index (χ1n) is 10.7. The first-order chi connectivity index (χ1) is 13.0. The molecule has 0 unspecified atom stereocenters. The largest absolute Gasteiger partial charge is 0.469 e. The standard InChI is InChI=1S/C23H33NO3/c1-15-6-4-10-23(3)13-21-18(12-20(15)23)19(22(25)27-21)14-24-16(2)8-9-17-7-5-11-26-17/h5,7,11-12,15-16,18-19,21,24H,4,6,8-10,13-14H2,1-3H3/p+1/t15-,16+,18+,19+,21+,23+/m0/s1. The summed E-state index contributed by atoms with van der Waals surface area (Å²) in [7, 11) is 0. The topological polar surface area (TPSA) is 56.0 Å². The van der Waals surface area contributed by atoms with Gasteiger partial charge in [0.2, 0.25) is 0 Å². The molecule has 1 saturated heterocycles. The first kappa shape index (κ1) is 18.8. The van der Waals surface area contributed by atoms with E-state index in [1.807, 2.05) is 12.1 Å². The molecular formula is C23H34NO3+. The molecule has 27 heavy (non-hydrogen) atoms. The second kappa shape index (κ2) is 7.46. The molecule has 1 aromatic rings. The first-order valence-corrected chi connectivity index (χ1v) is 10.7. The lowest BCUT2D eigenvalue weighted by Crippen LogP contribution is -2.90. The highest BCUT2D eigenvalue weighted by molar-refractivity contribution is 5.76. The third-order valence-corrected chi connectivity index (χ3v) is 7.30. The highest BCUT2D eigenvalue weighted by Crippen LogP contribution is 2.53. The van der Waals surface area contributed by atoms with Crippen molar-refractivity contribution in [2.24, 2.45) is 23.2 Å². The molecule has 4 heteroatoms. The number of quaternary nitrogens is 1.